The summed E-state index contributed by atoms with van der Waals surface area (Å²) < 4.78 is 0. The van der Waals surface area contributed by atoms with Gasteiger partial charge in [-0.05, 0) is 40.8 Å². The Kier molecular flexibility index (Phi) is 5.15. The molecule has 0 amide bonds. The summed E-state index contributed by atoms with van der Waals surface area (Å²) in [5, 5.41) is 10.7. The van der Waals surface area contributed by atoms with Crippen LogP contribution in [0, 0.1) is 11.3 Å². The molecule has 2 N–H and O–H groups in total. The van der Waals surface area contributed by atoms with Crippen LogP contribution in [-0.2, 0) is 5.41 Å². The number of aromatic nitrogens is 1. The molecule has 0 radical (unpaired) electrons. The molecule has 136 valence electrons. The van der Waals surface area contributed by atoms with Crippen molar-refractivity contribution in [1.82, 2.24) is 4.98 Å². The average Bonchev–Trinajstić information content (AvgIpc) is 2.62. The molecule has 27 heavy (non-hydrogen) atoms. The predicted molar refractivity (Wildman–Crippen MR) is 113 cm³/mol. The number of nitrogen functional groups attached to an aromatic ring is 1. The van der Waals surface area contributed by atoms with Crippen molar-refractivity contribution >= 4 is 29.0 Å². The van der Waals surface area contributed by atoms with Gasteiger partial charge in [0.1, 0.15) is 17.5 Å². The van der Waals surface area contributed by atoms with Crippen LogP contribution in [0.5, 0.6) is 0 Å². The van der Waals surface area contributed by atoms with E-state index in [-0.39, 0.29) is 11.2 Å². The third-order valence-electron chi connectivity index (χ3n) is 4.43. The Morgan fingerprint density at radius 1 is 0.963 bits per heavy atom. The molecule has 5 heteroatoms. The minimum absolute atomic E-state index is 0.0489. The second-order valence-corrected chi connectivity index (χ2v) is 8.22. The van der Waals surface area contributed by atoms with E-state index >= 15 is 0 Å². The predicted octanol–water partition coefficient (Wildman–Crippen LogP) is 6.47. The fourth-order valence-corrected chi connectivity index (χ4v) is 3.28. The summed E-state index contributed by atoms with van der Waals surface area (Å²) in [4.78, 5) is 4.37. The Morgan fingerprint density at radius 2 is 1.63 bits per heavy atom. The maximum absolute atomic E-state index is 9.59. The van der Waals surface area contributed by atoms with E-state index in [0.717, 1.165) is 11.1 Å². The third-order valence-corrected chi connectivity index (χ3v) is 4.99. The van der Waals surface area contributed by atoms with Crippen molar-refractivity contribution < 1.29 is 0 Å². The number of nitrogens with two attached hydrogens (primary N) is 1. The van der Waals surface area contributed by atoms with Gasteiger partial charge in [0.15, 0.2) is 0 Å². The summed E-state index contributed by atoms with van der Waals surface area (Å²) in [6, 6.07) is 17.3. The van der Waals surface area contributed by atoms with E-state index < -0.39 is 0 Å². The van der Waals surface area contributed by atoms with Crippen molar-refractivity contribution in [1.29, 1.82) is 5.26 Å². The van der Waals surface area contributed by atoms with Crippen LogP contribution in [0.3, 0.4) is 0 Å². The van der Waals surface area contributed by atoms with Gasteiger partial charge >= 0.3 is 0 Å². The van der Waals surface area contributed by atoms with Crippen molar-refractivity contribution in [3.63, 3.8) is 0 Å². The second kappa shape index (κ2) is 7.23. The Morgan fingerprint density at radius 3 is 2.22 bits per heavy atom. The Bertz CT molecular complexity index is 1040. The molecule has 1 heterocycles. The van der Waals surface area contributed by atoms with Crippen LogP contribution in [0.2, 0.25) is 10.0 Å². The Labute approximate surface area is 169 Å². The number of hydrogen-bond donors (Lipinski definition) is 1. The molecular weight excluding hydrogens is 377 g/mol. The molecule has 3 nitrogen and oxygen atoms in total. The van der Waals surface area contributed by atoms with Crippen LogP contribution in [0.25, 0.3) is 22.4 Å². The summed E-state index contributed by atoms with van der Waals surface area (Å²) in [5.74, 6) is 0.168. The number of hydrogen-bond acceptors (Lipinski definition) is 3. The molecule has 3 aromatic rings. The monoisotopic (exact) mass is 395 g/mol. The van der Waals surface area contributed by atoms with E-state index in [1.807, 2.05) is 18.2 Å². The van der Waals surface area contributed by atoms with Crippen LogP contribution < -0.4 is 5.73 Å². The standard InChI is InChI=1S/C22H19Cl2N3/c1-22(2,3)14-6-4-13(5-7-14)16-11-20(27-21(26)18(16)12-25)17-10-15(23)8-9-19(17)24/h4-11H,1-3H3,(H2,26,27). The van der Waals surface area contributed by atoms with Crippen molar-refractivity contribution in [3.05, 3.63) is 69.7 Å². The highest BCUT2D eigenvalue weighted by molar-refractivity contribution is 6.35. The van der Waals surface area contributed by atoms with Gasteiger partial charge in [-0.25, -0.2) is 4.98 Å². The first-order chi connectivity index (χ1) is 12.7. The van der Waals surface area contributed by atoms with E-state index in [9.17, 15) is 5.26 Å². The fourth-order valence-electron chi connectivity index (χ4n) is 2.89. The summed E-state index contributed by atoms with van der Waals surface area (Å²) in [6.07, 6.45) is 0. The van der Waals surface area contributed by atoms with Gasteiger partial charge in [0.05, 0.1) is 10.7 Å². The van der Waals surface area contributed by atoms with Gasteiger partial charge in [0.25, 0.3) is 0 Å². The lowest BCUT2D eigenvalue weighted by atomic mass is 9.86. The number of rotatable bonds is 2. The molecule has 0 spiro atoms. The number of anilines is 1. The van der Waals surface area contributed by atoms with Crippen LogP contribution in [0.4, 0.5) is 5.82 Å². The number of nitriles is 1. The summed E-state index contributed by atoms with van der Waals surface area (Å²) in [6.45, 7) is 6.48. The van der Waals surface area contributed by atoms with Gasteiger partial charge in [-0.15, -0.1) is 0 Å². The summed E-state index contributed by atoms with van der Waals surface area (Å²) in [5.41, 5.74) is 10.6. The number of halogens is 2. The van der Waals surface area contributed by atoms with Gasteiger partial charge < -0.3 is 5.73 Å². The topological polar surface area (TPSA) is 62.7 Å². The second-order valence-electron chi connectivity index (χ2n) is 7.38. The zero-order valence-electron chi connectivity index (χ0n) is 15.3. The molecule has 3 rings (SSSR count). The quantitative estimate of drug-likeness (QED) is 0.540. The lowest BCUT2D eigenvalue weighted by molar-refractivity contribution is 0.590. The maximum atomic E-state index is 9.59. The molecule has 2 aromatic carbocycles. The SMILES string of the molecule is CC(C)(C)c1ccc(-c2cc(-c3cc(Cl)ccc3Cl)nc(N)c2C#N)cc1. The molecule has 0 aliphatic carbocycles. The van der Waals surface area contributed by atoms with Crippen LogP contribution in [-0.4, -0.2) is 4.98 Å². The highest BCUT2D eigenvalue weighted by Crippen LogP contribution is 2.35. The zero-order valence-corrected chi connectivity index (χ0v) is 16.9. The molecule has 0 fully saturated rings. The van der Waals surface area contributed by atoms with Crippen LogP contribution >= 0.6 is 23.2 Å². The smallest absolute Gasteiger partial charge is 0.142 e. The highest BCUT2D eigenvalue weighted by Gasteiger charge is 2.17. The Balaban J connectivity index is 2.19. The third kappa shape index (κ3) is 3.93. The van der Waals surface area contributed by atoms with E-state index in [4.69, 9.17) is 28.9 Å². The lowest BCUT2D eigenvalue weighted by Crippen LogP contribution is -2.10. The number of benzene rings is 2. The first-order valence-electron chi connectivity index (χ1n) is 8.47. The summed E-state index contributed by atoms with van der Waals surface area (Å²) in [7, 11) is 0. The van der Waals surface area contributed by atoms with Crippen LogP contribution in [0.1, 0.15) is 31.9 Å². The van der Waals surface area contributed by atoms with Crippen molar-refractivity contribution in [2.75, 3.05) is 5.73 Å². The molecule has 0 atom stereocenters. The van der Waals surface area contributed by atoms with E-state index in [2.05, 4.69) is 44.0 Å². The van der Waals surface area contributed by atoms with Crippen molar-refractivity contribution in [2.24, 2.45) is 0 Å². The lowest BCUT2D eigenvalue weighted by Gasteiger charge is -2.19. The van der Waals surface area contributed by atoms with Crippen LogP contribution in [0.15, 0.2) is 48.5 Å². The minimum Gasteiger partial charge on any atom is -0.383 e. The van der Waals surface area contributed by atoms with Gasteiger partial charge in [-0.3, -0.25) is 0 Å². The molecule has 0 aliphatic rings. The van der Waals surface area contributed by atoms with Gasteiger partial charge in [0.2, 0.25) is 0 Å². The fraction of sp³-hybridized carbons (Fsp3) is 0.182. The normalized spacial score (nSPS) is 11.3. The van der Waals surface area contributed by atoms with E-state index in [0.29, 0.717) is 26.9 Å². The number of pyridine rings is 1. The average molecular weight is 396 g/mol. The Hall–Kier alpha value is -2.54. The molecule has 0 saturated carbocycles. The number of nitrogens with zero attached hydrogens (tertiary/aromatic N) is 2. The minimum atomic E-state index is 0.0489. The zero-order chi connectivity index (χ0) is 19.8. The molecular formula is C22H19Cl2N3. The van der Waals surface area contributed by atoms with Gasteiger partial charge in [-0.1, -0.05) is 68.2 Å². The molecule has 0 aliphatic heterocycles. The molecule has 0 bridgehead atoms. The largest absolute Gasteiger partial charge is 0.383 e. The van der Waals surface area contributed by atoms with E-state index in [1.54, 1.807) is 18.2 Å². The molecule has 0 unspecified atom stereocenters. The first kappa shape index (κ1) is 19.2. The van der Waals surface area contributed by atoms with E-state index in [1.165, 1.54) is 5.56 Å². The maximum Gasteiger partial charge on any atom is 0.142 e. The molecule has 1 aromatic heterocycles. The highest BCUT2D eigenvalue weighted by atomic mass is 35.5. The summed E-state index contributed by atoms with van der Waals surface area (Å²) >= 11 is 12.4. The van der Waals surface area contributed by atoms with Gasteiger partial charge in [0, 0.05) is 16.1 Å². The first-order valence-corrected chi connectivity index (χ1v) is 9.23. The van der Waals surface area contributed by atoms with Crippen molar-refractivity contribution in [3.8, 4) is 28.5 Å². The van der Waals surface area contributed by atoms with Gasteiger partial charge in [-0.2, -0.15) is 5.26 Å². The van der Waals surface area contributed by atoms with Crippen molar-refractivity contribution in [2.45, 2.75) is 26.2 Å². The molecule has 0 saturated heterocycles.